The van der Waals surface area contributed by atoms with Crippen molar-refractivity contribution in [3.05, 3.63) is 70.7 Å². The Labute approximate surface area is 178 Å². The van der Waals surface area contributed by atoms with Gasteiger partial charge in [-0.1, -0.05) is 12.1 Å². The van der Waals surface area contributed by atoms with E-state index < -0.39 is 23.3 Å². The lowest BCUT2D eigenvalue weighted by Crippen LogP contribution is -2.12. The van der Waals surface area contributed by atoms with Crippen LogP contribution in [0.5, 0.6) is 11.5 Å². The Bertz CT molecular complexity index is 1130. The van der Waals surface area contributed by atoms with Gasteiger partial charge in [0.2, 0.25) is 0 Å². The third kappa shape index (κ3) is 4.39. The van der Waals surface area contributed by atoms with Gasteiger partial charge in [0.25, 0.3) is 0 Å². The number of carbonyl (C=O) groups is 1. The van der Waals surface area contributed by atoms with Gasteiger partial charge in [-0.15, -0.1) is 0 Å². The lowest BCUT2D eigenvalue weighted by atomic mass is 9.90. The van der Waals surface area contributed by atoms with E-state index in [9.17, 15) is 22.4 Å². The Morgan fingerprint density at radius 1 is 1.19 bits per heavy atom. The number of methoxy groups -OCH3 is 1. The highest BCUT2D eigenvalue weighted by Crippen LogP contribution is 2.42. The number of aromatic amines is 1. The van der Waals surface area contributed by atoms with E-state index in [1.807, 2.05) is 0 Å². The Hall–Kier alpha value is -3.01. The van der Waals surface area contributed by atoms with Crippen LogP contribution in [0.1, 0.15) is 34.6 Å². The Kier molecular flexibility index (Phi) is 5.65. The summed E-state index contributed by atoms with van der Waals surface area (Å²) in [4.78, 5) is 12.1. The highest BCUT2D eigenvalue weighted by Gasteiger charge is 2.35. The summed E-state index contributed by atoms with van der Waals surface area (Å²) in [6.45, 7) is -0.214. The first-order valence-electron chi connectivity index (χ1n) is 9.16. The van der Waals surface area contributed by atoms with Crippen molar-refractivity contribution in [3.8, 4) is 11.5 Å². The summed E-state index contributed by atoms with van der Waals surface area (Å²) in [5.41, 5.74) is 1.04. The number of rotatable bonds is 5. The fraction of sp³-hybridized carbons (Fsp3) is 0.238. The smallest absolute Gasteiger partial charge is 0.420 e. The summed E-state index contributed by atoms with van der Waals surface area (Å²) >= 11 is 1.11. The monoisotopic (exact) mass is 452 g/mol. The van der Waals surface area contributed by atoms with Gasteiger partial charge in [0, 0.05) is 23.5 Å². The van der Waals surface area contributed by atoms with Crippen molar-refractivity contribution in [3.63, 3.8) is 0 Å². The topological polar surface area (TPSA) is 64.2 Å². The first kappa shape index (κ1) is 21.2. The molecule has 0 saturated heterocycles. The lowest BCUT2D eigenvalue weighted by Gasteiger charge is -2.22. The summed E-state index contributed by atoms with van der Waals surface area (Å²) in [7, 11) is 1.44. The van der Waals surface area contributed by atoms with Gasteiger partial charge in [-0.3, -0.25) is 9.89 Å². The van der Waals surface area contributed by atoms with Crippen molar-refractivity contribution < 1.29 is 31.8 Å². The third-order valence-corrected chi connectivity index (χ3v) is 5.86. The molecule has 0 aliphatic carbocycles. The van der Waals surface area contributed by atoms with E-state index >= 15 is 0 Å². The van der Waals surface area contributed by atoms with Crippen molar-refractivity contribution in [2.45, 2.75) is 30.1 Å². The van der Waals surface area contributed by atoms with E-state index in [2.05, 4.69) is 10.2 Å². The molecular formula is C21H16F4N2O3S. The van der Waals surface area contributed by atoms with Gasteiger partial charge < -0.3 is 9.47 Å². The number of fused-ring (bicyclic) bond motifs is 1. The average molecular weight is 452 g/mol. The fourth-order valence-corrected chi connectivity index (χ4v) is 4.33. The van der Waals surface area contributed by atoms with E-state index in [4.69, 9.17) is 9.47 Å². The first-order chi connectivity index (χ1) is 14.8. The van der Waals surface area contributed by atoms with Crippen LogP contribution < -0.4 is 9.47 Å². The van der Waals surface area contributed by atoms with Crippen LogP contribution in [0.3, 0.4) is 0 Å². The molecule has 0 unspecified atom stereocenters. The van der Waals surface area contributed by atoms with Crippen LogP contribution >= 0.6 is 11.8 Å². The van der Waals surface area contributed by atoms with Gasteiger partial charge >= 0.3 is 6.18 Å². The lowest BCUT2D eigenvalue weighted by molar-refractivity contribution is -0.139. The van der Waals surface area contributed by atoms with Crippen LogP contribution in [0.2, 0.25) is 0 Å². The minimum Gasteiger partial charge on any atom is -0.496 e. The summed E-state index contributed by atoms with van der Waals surface area (Å²) in [5, 5.41) is 7.51. The molecule has 5 nitrogen and oxygen atoms in total. The minimum atomic E-state index is -4.75. The van der Waals surface area contributed by atoms with Gasteiger partial charge in [-0.25, -0.2) is 4.39 Å². The largest absolute Gasteiger partial charge is 0.496 e. The van der Waals surface area contributed by atoms with Crippen molar-refractivity contribution in [2.24, 2.45) is 0 Å². The van der Waals surface area contributed by atoms with Crippen LogP contribution in [0.4, 0.5) is 17.6 Å². The molecule has 4 rings (SSSR count). The molecular weight excluding hydrogens is 436 g/mol. The van der Waals surface area contributed by atoms with Gasteiger partial charge in [0.05, 0.1) is 13.3 Å². The second kappa shape index (κ2) is 8.26. The van der Waals surface area contributed by atoms with E-state index in [1.54, 1.807) is 24.4 Å². The number of hydrogen-bond acceptors (Lipinski definition) is 5. The summed E-state index contributed by atoms with van der Waals surface area (Å²) in [6, 6.07) is 7.45. The normalized spacial score (nSPS) is 16.2. The SMILES string of the molecule is COc1cc([C@@H]2CC(=O)Sc3[nH]ncc32)ccc1COc1ccc(F)cc1C(F)(F)F. The number of aromatic nitrogens is 2. The number of nitrogens with zero attached hydrogens (tertiary/aromatic N) is 1. The highest BCUT2D eigenvalue weighted by molar-refractivity contribution is 8.13. The maximum Gasteiger partial charge on any atom is 0.420 e. The zero-order valence-electron chi connectivity index (χ0n) is 16.1. The number of benzene rings is 2. The molecule has 0 spiro atoms. The number of hydrogen-bond donors (Lipinski definition) is 1. The molecule has 0 radical (unpaired) electrons. The quantitative estimate of drug-likeness (QED) is 0.532. The van der Waals surface area contributed by atoms with E-state index in [1.165, 1.54) is 7.11 Å². The molecule has 1 aliphatic rings. The van der Waals surface area contributed by atoms with Gasteiger partial charge in [0.1, 0.15) is 34.5 Å². The molecule has 1 aliphatic heterocycles. The van der Waals surface area contributed by atoms with Crippen LogP contribution in [0.25, 0.3) is 0 Å². The van der Waals surface area contributed by atoms with E-state index in [-0.39, 0.29) is 17.6 Å². The number of H-pyrrole nitrogens is 1. The number of thioether (sulfide) groups is 1. The standard InChI is InChI=1S/C21H16F4N2O3S/c1-29-18-6-11(14-8-19(28)31-20-15(14)9-26-27-20)2-3-12(18)10-30-17-5-4-13(22)7-16(17)21(23,24)25/h2-7,9,14H,8,10H2,1H3,(H,26,27)/t14-/m0/s1. The van der Waals surface area contributed by atoms with Crippen LogP contribution in [-0.4, -0.2) is 22.4 Å². The number of ether oxygens (including phenoxy) is 2. The summed E-state index contributed by atoms with van der Waals surface area (Å²) < 4.78 is 63.6. The van der Waals surface area contributed by atoms with Crippen molar-refractivity contribution in [2.75, 3.05) is 7.11 Å². The molecule has 0 fully saturated rings. The number of alkyl halides is 3. The molecule has 162 valence electrons. The number of halogens is 4. The molecule has 1 aromatic heterocycles. The van der Waals surface area contributed by atoms with Crippen LogP contribution in [0.15, 0.2) is 47.6 Å². The minimum absolute atomic E-state index is 0.00381. The molecule has 31 heavy (non-hydrogen) atoms. The van der Waals surface area contributed by atoms with E-state index in [0.717, 1.165) is 35.0 Å². The molecule has 1 atom stereocenters. The van der Waals surface area contributed by atoms with Crippen LogP contribution in [-0.2, 0) is 17.6 Å². The zero-order valence-corrected chi connectivity index (χ0v) is 16.9. The van der Waals surface area contributed by atoms with Crippen LogP contribution in [0, 0.1) is 5.82 Å². The predicted octanol–water partition coefficient (Wildman–Crippen LogP) is 5.31. The molecule has 0 bridgehead atoms. The highest BCUT2D eigenvalue weighted by atomic mass is 32.2. The Morgan fingerprint density at radius 3 is 2.74 bits per heavy atom. The Morgan fingerprint density at radius 2 is 2.00 bits per heavy atom. The molecule has 2 heterocycles. The van der Waals surface area contributed by atoms with Crippen molar-refractivity contribution in [1.29, 1.82) is 0 Å². The summed E-state index contributed by atoms with van der Waals surface area (Å²) in [5.74, 6) is -1.28. The number of nitrogens with one attached hydrogen (secondary N) is 1. The fourth-order valence-electron chi connectivity index (χ4n) is 3.45. The second-order valence-electron chi connectivity index (χ2n) is 6.88. The molecule has 0 amide bonds. The zero-order chi connectivity index (χ0) is 22.2. The van der Waals surface area contributed by atoms with Gasteiger partial charge in [-0.05, 0) is 41.6 Å². The first-order valence-corrected chi connectivity index (χ1v) is 9.98. The van der Waals surface area contributed by atoms with Crippen molar-refractivity contribution >= 4 is 16.9 Å². The molecule has 10 heteroatoms. The molecule has 1 N–H and O–H groups in total. The van der Waals surface area contributed by atoms with Gasteiger partial charge in [-0.2, -0.15) is 18.3 Å². The molecule has 3 aromatic rings. The van der Waals surface area contributed by atoms with E-state index in [0.29, 0.717) is 28.8 Å². The Balaban J connectivity index is 1.59. The maximum atomic E-state index is 13.3. The maximum absolute atomic E-state index is 13.3. The molecule has 2 aromatic carbocycles. The number of carbonyl (C=O) groups excluding carboxylic acids is 1. The molecule has 0 saturated carbocycles. The van der Waals surface area contributed by atoms with Crippen molar-refractivity contribution in [1.82, 2.24) is 10.2 Å². The summed E-state index contributed by atoms with van der Waals surface area (Å²) in [6.07, 6.45) is -2.78. The second-order valence-corrected chi connectivity index (χ2v) is 7.95. The van der Waals surface area contributed by atoms with Gasteiger partial charge in [0.15, 0.2) is 5.12 Å². The average Bonchev–Trinajstić information content (AvgIpc) is 3.19. The third-order valence-electron chi connectivity index (χ3n) is 4.94. The predicted molar refractivity (Wildman–Crippen MR) is 105 cm³/mol.